The maximum absolute atomic E-state index is 11.4. The van der Waals surface area contributed by atoms with E-state index in [-0.39, 0.29) is 11.9 Å². The molecule has 3 heteroatoms. The summed E-state index contributed by atoms with van der Waals surface area (Å²) in [6, 6.07) is 9.23. The number of amides is 1. The molecule has 0 saturated heterocycles. The lowest BCUT2D eigenvalue weighted by Crippen LogP contribution is -2.50. The van der Waals surface area contributed by atoms with E-state index in [0.717, 1.165) is 24.8 Å². The van der Waals surface area contributed by atoms with Gasteiger partial charge in [0.2, 0.25) is 5.91 Å². The fourth-order valence-corrected chi connectivity index (χ4v) is 2.20. The standard InChI is InChI=1S/C14H17NO2/c1-2-12(16)15-13(14(17)9-6-10-14)11-7-4-3-5-8-11/h2-5,7-8,13,17H,1,6,9-10H2,(H,15,16). The summed E-state index contributed by atoms with van der Waals surface area (Å²) in [5.41, 5.74) is 0.130. The van der Waals surface area contributed by atoms with Crippen molar-refractivity contribution in [1.82, 2.24) is 5.32 Å². The Hall–Kier alpha value is -1.61. The van der Waals surface area contributed by atoms with Crippen molar-refractivity contribution in [3.63, 3.8) is 0 Å². The number of hydrogen-bond donors (Lipinski definition) is 2. The maximum Gasteiger partial charge on any atom is 0.243 e. The van der Waals surface area contributed by atoms with Crippen LogP contribution in [0.2, 0.25) is 0 Å². The van der Waals surface area contributed by atoms with Gasteiger partial charge in [0.05, 0.1) is 11.6 Å². The van der Waals surface area contributed by atoms with Gasteiger partial charge in [0.25, 0.3) is 0 Å². The van der Waals surface area contributed by atoms with Crippen LogP contribution in [-0.2, 0) is 4.79 Å². The molecule has 0 bridgehead atoms. The van der Waals surface area contributed by atoms with Crippen LogP contribution in [0.1, 0.15) is 30.9 Å². The summed E-state index contributed by atoms with van der Waals surface area (Å²) in [4.78, 5) is 11.4. The average Bonchev–Trinajstić information content (AvgIpc) is 2.34. The van der Waals surface area contributed by atoms with Gasteiger partial charge in [0, 0.05) is 0 Å². The zero-order valence-electron chi connectivity index (χ0n) is 9.73. The van der Waals surface area contributed by atoms with Crippen LogP contribution in [0.15, 0.2) is 43.0 Å². The maximum atomic E-state index is 11.4. The lowest BCUT2D eigenvalue weighted by molar-refractivity contribution is -0.122. The molecular weight excluding hydrogens is 214 g/mol. The van der Waals surface area contributed by atoms with Gasteiger partial charge in [-0.25, -0.2) is 0 Å². The molecule has 1 aliphatic carbocycles. The van der Waals surface area contributed by atoms with E-state index >= 15 is 0 Å². The summed E-state index contributed by atoms with van der Waals surface area (Å²) in [5, 5.41) is 13.2. The van der Waals surface area contributed by atoms with Crippen LogP contribution in [0.3, 0.4) is 0 Å². The first-order valence-electron chi connectivity index (χ1n) is 5.86. The Bertz CT molecular complexity index is 409. The zero-order valence-corrected chi connectivity index (χ0v) is 9.73. The Labute approximate surface area is 101 Å². The molecule has 1 aromatic rings. The van der Waals surface area contributed by atoms with Crippen LogP contribution in [0.25, 0.3) is 0 Å². The zero-order chi connectivity index (χ0) is 12.3. The van der Waals surface area contributed by atoms with Crippen LogP contribution in [0.5, 0.6) is 0 Å². The summed E-state index contributed by atoms with van der Waals surface area (Å²) in [6.45, 7) is 3.44. The molecule has 0 heterocycles. The smallest absolute Gasteiger partial charge is 0.243 e. The third kappa shape index (κ3) is 2.39. The number of nitrogens with one attached hydrogen (secondary N) is 1. The van der Waals surface area contributed by atoms with E-state index in [0.29, 0.717) is 0 Å². The third-order valence-electron chi connectivity index (χ3n) is 3.36. The normalized spacial score (nSPS) is 18.9. The molecule has 2 N–H and O–H groups in total. The lowest BCUT2D eigenvalue weighted by atomic mass is 9.72. The van der Waals surface area contributed by atoms with E-state index in [4.69, 9.17) is 0 Å². The molecule has 90 valence electrons. The Morgan fingerprint density at radius 3 is 2.53 bits per heavy atom. The Morgan fingerprint density at radius 1 is 1.41 bits per heavy atom. The molecule has 1 amide bonds. The van der Waals surface area contributed by atoms with Gasteiger partial charge in [0.1, 0.15) is 0 Å². The fourth-order valence-electron chi connectivity index (χ4n) is 2.20. The summed E-state index contributed by atoms with van der Waals surface area (Å²) < 4.78 is 0. The van der Waals surface area contributed by atoms with E-state index in [1.54, 1.807) is 0 Å². The molecule has 0 aromatic heterocycles. The summed E-state index contributed by atoms with van der Waals surface area (Å²) in [6.07, 6.45) is 3.69. The van der Waals surface area contributed by atoms with E-state index in [9.17, 15) is 9.90 Å². The molecular formula is C14H17NO2. The minimum atomic E-state index is -0.806. The van der Waals surface area contributed by atoms with Crippen molar-refractivity contribution in [3.8, 4) is 0 Å². The van der Waals surface area contributed by atoms with Gasteiger partial charge in [0.15, 0.2) is 0 Å². The molecule has 1 aliphatic rings. The molecule has 17 heavy (non-hydrogen) atoms. The van der Waals surface area contributed by atoms with Gasteiger partial charge < -0.3 is 10.4 Å². The highest BCUT2D eigenvalue weighted by Gasteiger charge is 2.43. The number of rotatable bonds is 4. The predicted molar refractivity (Wildman–Crippen MR) is 66.3 cm³/mol. The van der Waals surface area contributed by atoms with Gasteiger partial charge >= 0.3 is 0 Å². The molecule has 0 aliphatic heterocycles. The number of hydrogen-bond acceptors (Lipinski definition) is 2. The predicted octanol–water partition coefficient (Wildman–Crippen LogP) is 1.94. The second-order valence-corrected chi connectivity index (χ2v) is 4.51. The van der Waals surface area contributed by atoms with Gasteiger partial charge in [-0.1, -0.05) is 36.9 Å². The summed E-state index contributed by atoms with van der Waals surface area (Å²) in [5.74, 6) is -0.251. The first-order chi connectivity index (χ1) is 8.15. The molecule has 1 atom stereocenters. The van der Waals surface area contributed by atoms with E-state index in [2.05, 4.69) is 11.9 Å². The molecule has 2 rings (SSSR count). The van der Waals surface area contributed by atoms with Crippen LogP contribution in [-0.4, -0.2) is 16.6 Å². The molecule has 1 aromatic carbocycles. The van der Waals surface area contributed by atoms with Gasteiger partial charge in [-0.15, -0.1) is 0 Å². The van der Waals surface area contributed by atoms with Crippen molar-refractivity contribution in [3.05, 3.63) is 48.6 Å². The quantitative estimate of drug-likeness (QED) is 0.778. The number of carbonyl (C=O) groups excluding carboxylic acids is 1. The monoisotopic (exact) mass is 231 g/mol. The molecule has 1 fully saturated rings. The van der Waals surface area contributed by atoms with Gasteiger partial charge in [-0.3, -0.25) is 4.79 Å². The lowest BCUT2D eigenvalue weighted by Gasteiger charge is -2.43. The second-order valence-electron chi connectivity index (χ2n) is 4.51. The minimum absolute atomic E-state index is 0.251. The SMILES string of the molecule is C=CC(=O)NC(c1ccccc1)C1(O)CCC1. The van der Waals surface area contributed by atoms with Crippen molar-refractivity contribution < 1.29 is 9.90 Å². The Kier molecular flexibility index (Phi) is 3.29. The van der Waals surface area contributed by atoms with E-state index in [1.807, 2.05) is 30.3 Å². The Morgan fingerprint density at radius 2 is 2.06 bits per heavy atom. The number of aliphatic hydroxyl groups is 1. The number of carbonyl (C=O) groups is 1. The van der Waals surface area contributed by atoms with Gasteiger partial charge in [-0.2, -0.15) is 0 Å². The molecule has 0 radical (unpaired) electrons. The van der Waals surface area contributed by atoms with Crippen LogP contribution < -0.4 is 5.32 Å². The van der Waals surface area contributed by atoms with E-state index < -0.39 is 5.60 Å². The minimum Gasteiger partial charge on any atom is -0.387 e. The highest BCUT2D eigenvalue weighted by atomic mass is 16.3. The molecule has 1 saturated carbocycles. The van der Waals surface area contributed by atoms with Crippen LogP contribution in [0, 0.1) is 0 Å². The van der Waals surface area contributed by atoms with Crippen molar-refractivity contribution in [2.24, 2.45) is 0 Å². The van der Waals surface area contributed by atoms with E-state index in [1.165, 1.54) is 6.08 Å². The first-order valence-corrected chi connectivity index (χ1v) is 5.86. The van der Waals surface area contributed by atoms with Crippen LogP contribution >= 0.6 is 0 Å². The highest BCUT2D eigenvalue weighted by Crippen LogP contribution is 2.41. The van der Waals surface area contributed by atoms with Crippen molar-refractivity contribution in [1.29, 1.82) is 0 Å². The topological polar surface area (TPSA) is 49.3 Å². The van der Waals surface area contributed by atoms with Crippen molar-refractivity contribution >= 4 is 5.91 Å². The van der Waals surface area contributed by atoms with Crippen molar-refractivity contribution in [2.75, 3.05) is 0 Å². The third-order valence-corrected chi connectivity index (χ3v) is 3.36. The molecule has 1 unspecified atom stereocenters. The first kappa shape index (κ1) is 11.9. The summed E-state index contributed by atoms with van der Waals surface area (Å²) >= 11 is 0. The average molecular weight is 231 g/mol. The molecule has 0 spiro atoms. The van der Waals surface area contributed by atoms with Crippen LogP contribution in [0.4, 0.5) is 0 Å². The van der Waals surface area contributed by atoms with Crippen molar-refractivity contribution in [2.45, 2.75) is 30.9 Å². The number of benzene rings is 1. The Balaban J connectivity index is 2.24. The highest BCUT2D eigenvalue weighted by molar-refractivity contribution is 5.87. The fraction of sp³-hybridized carbons (Fsp3) is 0.357. The second kappa shape index (κ2) is 4.72. The largest absolute Gasteiger partial charge is 0.387 e. The van der Waals surface area contributed by atoms with Gasteiger partial charge in [-0.05, 0) is 30.9 Å². The summed E-state index contributed by atoms with van der Waals surface area (Å²) in [7, 11) is 0. The molecule has 3 nitrogen and oxygen atoms in total.